The maximum atomic E-state index is 13.1. The molecule has 0 spiro atoms. The molecule has 1 aromatic rings. The standard InChI is InChI=1S/C9H9F4NO/c10-7-3-6(4-14)1-2-8(7)15-5-9(11,12)13/h1-3H,4-5,14H2. The molecule has 2 N–H and O–H groups in total. The van der Waals surface area contributed by atoms with Gasteiger partial charge in [-0.25, -0.2) is 4.39 Å². The zero-order valence-electron chi connectivity index (χ0n) is 7.64. The number of alkyl halides is 3. The van der Waals surface area contributed by atoms with Gasteiger partial charge in [-0.1, -0.05) is 6.07 Å². The Morgan fingerprint density at radius 3 is 2.40 bits per heavy atom. The Morgan fingerprint density at radius 2 is 1.93 bits per heavy atom. The van der Waals surface area contributed by atoms with Crippen molar-refractivity contribution in [2.45, 2.75) is 12.7 Å². The molecule has 84 valence electrons. The summed E-state index contributed by atoms with van der Waals surface area (Å²) < 4.78 is 52.6. The Balaban J connectivity index is 2.70. The van der Waals surface area contributed by atoms with Crippen molar-refractivity contribution in [2.75, 3.05) is 6.61 Å². The number of hydrogen-bond donors (Lipinski definition) is 1. The van der Waals surface area contributed by atoms with Crippen LogP contribution >= 0.6 is 0 Å². The average Bonchev–Trinajstić information content (AvgIpc) is 2.14. The molecule has 6 heteroatoms. The van der Waals surface area contributed by atoms with Crippen LogP contribution in [0.1, 0.15) is 5.56 Å². The maximum absolute atomic E-state index is 13.1. The smallest absolute Gasteiger partial charge is 0.422 e. The molecule has 15 heavy (non-hydrogen) atoms. The summed E-state index contributed by atoms with van der Waals surface area (Å²) in [5, 5.41) is 0. The summed E-state index contributed by atoms with van der Waals surface area (Å²) in [6.45, 7) is -1.39. The van der Waals surface area contributed by atoms with Crippen molar-refractivity contribution in [3.8, 4) is 5.75 Å². The minimum absolute atomic E-state index is 0.121. The molecule has 0 heterocycles. The quantitative estimate of drug-likeness (QED) is 0.797. The van der Waals surface area contributed by atoms with Gasteiger partial charge in [0.1, 0.15) is 0 Å². The zero-order valence-corrected chi connectivity index (χ0v) is 7.64. The lowest BCUT2D eigenvalue weighted by Crippen LogP contribution is -2.19. The summed E-state index contributed by atoms with van der Waals surface area (Å²) in [5.41, 5.74) is 5.72. The summed E-state index contributed by atoms with van der Waals surface area (Å²) in [4.78, 5) is 0. The highest BCUT2D eigenvalue weighted by Crippen LogP contribution is 2.21. The first-order valence-corrected chi connectivity index (χ1v) is 4.10. The molecule has 1 aromatic carbocycles. The van der Waals surface area contributed by atoms with E-state index in [9.17, 15) is 17.6 Å². The highest BCUT2D eigenvalue weighted by molar-refractivity contribution is 5.29. The highest BCUT2D eigenvalue weighted by atomic mass is 19.4. The van der Waals surface area contributed by atoms with Crippen molar-refractivity contribution in [1.82, 2.24) is 0 Å². The third kappa shape index (κ3) is 3.75. The van der Waals surface area contributed by atoms with E-state index in [1.165, 1.54) is 6.07 Å². The van der Waals surface area contributed by atoms with E-state index in [4.69, 9.17) is 5.73 Å². The maximum Gasteiger partial charge on any atom is 0.422 e. The highest BCUT2D eigenvalue weighted by Gasteiger charge is 2.28. The fourth-order valence-electron chi connectivity index (χ4n) is 0.948. The second-order valence-electron chi connectivity index (χ2n) is 2.87. The predicted octanol–water partition coefficient (Wildman–Crippen LogP) is 2.23. The first-order valence-electron chi connectivity index (χ1n) is 4.10. The summed E-state index contributed by atoms with van der Waals surface area (Å²) in [5.74, 6) is -1.27. The van der Waals surface area contributed by atoms with Crippen LogP contribution in [0, 0.1) is 5.82 Å². The molecule has 0 fully saturated rings. The topological polar surface area (TPSA) is 35.2 Å². The molecule has 0 atom stereocenters. The van der Waals surface area contributed by atoms with Crippen LogP contribution in [0.4, 0.5) is 17.6 Å². The Morgan fingerprint density at radius 1 is 1.27 bits per heavy atom. The van der Waals surface area contributed by atoms with Crippen molar-refractivity contribution in [1.29, 1.82) is 0 Å². The molecule has 2 nitrogen and oxygen atoms in total. The van der Waals surface area contributed by atoms with E-state index in [-0.39, 0.29) is 6.54 Å². The third-order valence-corrected chi connectivity index (χ3v) is 1.62. The molecule has 1 rings (SSSR count). The van der Waals surface area contributed by atoms with Gasteiger partial charge in [0.05, 0.1) is 0 Å². The van der Waals surface area contributed by atoms with Gasteiger partial charge in [0.25, 0.3) is 0 Å². The van der Waals surface area contributed by atoms with Gasteiger partial charge in [0.2, 0.25) is 0 Å². The molecule has 0 amide bonds. The summed E-state index contributed by atoms with van der Waals surface area (Å²) in [7, 11) is 0. The molecule has 0 saturated carbocycles. The van der Waals surface area contributed by atoms with Crippen LogP contribution < -0.4 is 10.5 Å². The number of halogens is 4. The number of benzene rings is 1. The first kappa shape index (κ1) is 11.8. The largest absolute Gasteiger partial charge is 0.481 e. The lowest BCUT2D eigenvalue weighted by Gasteiger charge is -2.10. The number of ether oxygens (including phenoxy) is 1. The second kappa shape index (κ2) is 4.48. The number of rotatable bonds is 3. The van der Waals surface area contributed by atoms with Crippen molar-refractivity contribution in [3.63, 3.8) is 0 Å². The lowest BCUT2D eigenvalue weighted by molar-refractivity contribution is -0.153. The van der Waals surface area contributed by atoms with Crippen LogP contribution in [-0.4, -0.2) is 12.8 Å². The summed E-state index contributed by atoms with van der Waals surface area (Å²) in [6, 6.07) is 3.59. The van der Waals surface area contributed by atoms with Crippen molar-refractivity contribution >= 4 is 0 Å². The molecular formula is C9H9F4NO. The lowest BCUT2D eigenvalue weighted by atomic mass is 10.2. The average molecular weight is 223 g/mol. The first-order chi connectivity index (χ1) is 6.92. The molecule has 0 aliphatic rings. The predicted molar refractivity (Wildman–Crippen MR) is 45.8 cm³/mol. The van der Waals surface area contributed by atoms with Gasteiger partial charge in [-0.2, -0.15) is 13.2 Å². The van der Waals surface area contributed by atoms with E-state index in [0.717, 1.165) is 12.1 Å². The Labute approximate surface area is 83.6 Å². The second-order valence-corrected chi connectivity index (χ2v) is 2.87. The molecular weight excluding hydrogens is 214 g/mol. The molecule has 0 radical (unpaired) electrons. The monoisotopic (exact) mass is 223 g/mol. The van der Waals surface area contributed by atoms with Crippen LogP contribution in [0.25, 0.3) is 0 Å². The van der Waals surface area contributed by atoms with Gasteiger partial charge < -0.3 is 10.5 Å². The number of nitrogens with two attached hydrogens (primary N) is 1. The molecule has 0 aliphatic carbocycles. The fourth-order valence-corrected chi connectivity index (χ4v) is 0.948. The normalized spacial score (nSPS) is 11.5. The van der Waals surface area contributed by atoms with E-state index >= 15 is 0 Å². The third-order valence-electron chi connectivity index (χ3n) is 1.62. The van der Waals surface area contributed by atoms with Crippen LogP contribution in [0.3, 0.4) is 0 Å². The Hall–Kier alpha value is -1.30. The van der Waals surface area contributed by atoms with E-state index in [0.29, 0.717) is 5.56 Å². The number of hydrogen-bond acceptors (Lipinski definition) is 2. The summed E-state index contributed by atoms with van der Waals surface area (Å²) in [6.07, 6.45) is -4.47. The van der Waals surface area contributed by atoms with Gasteiger partial charge in [-0.15, -0.1) is 0 Å². The molecule has 0 bridgehead atoms. The molecule has 0 unspecified atom stereocenters. The van der Waals surface area contributed by atoms with E-state index in [1.54, 1.807) is 0 Å². The van der Waals surface area contributed by atoms with Gasteiger partial charge in [0.15, 0.2) is 18.2 Å². The van der Waals surface area contributed by atoms with Crippen LogP contribution in [0.2, 0.25) is 0 Å². The molecule has 0 aromatic heterocycles. The van der Waals surface area contributed by atoms with E-state index in [2.05, 4.69) is 4.74 Å². The minimum Gasteiger partial charge on any atom is -0.481 e. The Kier molecular flexibility index (Phi) is 3.52. The molecule has 0 saturated heterocycles. The van der Waals surface area contributed by atoms with Crippen molar-refractivity contribution in [2.24, 2.45) is 5.73 Å². The van der Waals surface area contributed by atoms with Gasteiger partial charge in [-0.3, -0.25) is 0 Å². The van der Waals surface area contributed by atoms with Gasteiger partial charge in [-0.05, 0) is 17.7 Å². The van der Waals surface area contributed by atoms with Crippen LogP contribution in [-0.2, 0) is 6.54 Å². The SMILES string of the molecule is NCc1ccc(OCC(F)(F)F)c(F)c1. The van der Waals surface area contributed by atoms with E-state index in [1.807, 2.05) is 0 Å². The van der Waals surface area contributed by atoms with Crippen LogP contribution in [0.5, 0.6) is 5.75 Å². The van der Waals surface area contributed by atoms with Gasteiger partial charge >= 0.3 is 6.18 Å². The Bertz CT molecular complexity index is 337. The van der Waals surface area contributed by atoms with Gasteiger partial charge in [0, 0.05) is 6.54 Å². The fraction of sp³-hybridized carbons (Fsp3) is 0.333. The summed E-state index contributed by atoms with van der Waals surface area (Å²) >= 11 is 0. The minimum atomic E-state index is -4.47. The van der Waals surface area contributed by atoms with E-state index < -0.39 is 24.3 Å². The zero-order chi connectivity index (χ0) is 11.5. The molecule has 0 aliphatic heterocycles. The van der Waals surface area contributed by atoms with Crippen molar-refractivity contribution in [3.05, 3.63) is 29.6 Å². The van der Waals surface area contributed by atoms with Crippen molar-refractivity contribution < 1.29 is 22.3 Å². The van der Waals surface area contributed by atoms with Crippen LogP contribution in [0.15, 0.2) is 18.2 Å².